The van der Waals surface area contributed by atoms with Gasteiger partial charge in [0, 0.05) is 39.0 Å². The maximum Gasteiger partial charge on any atom is 0.191 e. The standard InChI is InChI=1S/C17H27N5O/c1-5-18-16(20-13-17(2,3)23-4)19-10-9-14-12-22-11-7-6-8-15(22)21-14/h6-8,11-12H,5,9-10,13H2,1-4H3,(H2,18,19,20). The number of nitrogens with zero attached hydrogens (tertiary/aromatic N) is 3. The molecule has 126 valence electrons. The molecule has 0 saturated carbocycles. The van der Waals surface area contributed by atoms with Crippen LogP contribution in [0, 0.1) is 0 Å². The minimum atomic E-state index is -0.260. The summed E-state index contributed by atoms with van der Waals surface area (Å²) >= 11 is 0. The van der Waals surface area contributed by atoms with E-state index in [2.05, 4.69) is 33.7 Å². The minimum absolute atomic E-state index is 0.260. The molecule has 0 spiro atoms. The van der Waals surface area contributed by atoms with E-state index in [1.807, 2.05) is 42.6 Å². The first-order valence-corrected chi connectivity index (χ1v) is 8.04. The van der Waals surface area contributed by atoms with Gasteiger partial charge in [0.25, 0.3) is 0 Å². The molecule has 23 heavy (non-hydrogen) atoms. The van der Waals surface area contributed by atoms with E-state index in [1.165, 1.54) is 0 Å². The molecule has 0 radical (unpaired) electrons. The van der Waals surface area contributed by atoms with Gasteiger partial charge < -0.3 is 19.8 Å². The summed E-state index contributed by atoms with van der Waals surface area (Å²) in [5.41, 5.74) is 1.78. The molecule has 0 aliphatic carbocycles. The number of fused-ring (bicyclic) bond motifs is 1. The Morgan fingerprint density at radius 2 is 2.17 bits per heavy atom. The van der Waals surface area contributed by atoms with Gasteiger partial charge in [-0.05, 0) is 32.9 Å². The molecule has 0 aromatic carbocycles. The zero-order valence-electron chi connectivity index (χ0n) is 14.5. The predicted octanol–water partition coefficient (Wildman–Crippen LogP) is 1.86. The molecule has 0 unspecified atom stereocenters. The number of aliphatic imine (C=N–C) groups is 1. The van der Waals surface area contributed by atoms with Gasteiger partial charge in [-0.3, -0.25) is 4.99 Å². The molecule has 0 bridgehead atoms. The quantitative estimate of drug-likeness (QED) is 0.604. The highest BCUT2D eigenvalue weighted by molar-refractivity contribution is 5.79. The van der Waals surface area contributed by atoms with Gasteiger partial charge in [-0.1, -0.05) is 6.07 Å². The van der Waals surface area contributed by atoms with E-state index in [9.17, 15) is 0 Å². The third kappa shape index (κ3) is 5.25. The largest absolute Gasteiger partial charge is 0.377 e. The molecule has 0 saturated heterocycles. The van der Waals surface area contributed by atoms with Crippen LogP contribution in [0.15, 0.2) is 35.6 Å². The van der Waals surface area contributed by atoms with Crippen molar-refractivity contribution in [2.45, 2.75) is 32.8 Å². The lowest BCUT2D eigenvalue weighted by Gasteiger charge is -2.21. The van der Waals surface area contributed by atoms with Crippen LogP contribution >= 0.6 is 0 Å². The van der Waals surface area contributed by atoms with Gasteiger partial charge in [0.15, 0.2) is 5.96 Å². The van der Waals surface area contributed by atoms with Crippen molar-refractivity contribution in [1.29, 1.82) is 0 Å². The van der Waals surface area contributed by atoms with Gasteiger partial charge >= 0.3 is 0 Å². The van der Waals surface area contributed by atoms with Crippen molar-refractivity contribution in [2.75, 3.05) is 26.7 Å². The van der Waals surface area contributed by atoms with Gasteiger partial charge in [-0.25, -0.2) is 4.98 Å². The Labute approximate surface area is 138 Å². The Balaban J connectivity index is 1.89. The third-order valence-corrected chi connectivity index (χ3v) is 3.60. The van der Waals surface area contributed by atoms with E-state index in [1.54, 1.807) is 7.11 Å². The van der Waals surface area contributed by atoms with Crippen molar-refractivity contribution in [3.63, 3.8) is 0 Å². The molecule has 2 rings (SSSR count). The van der Waals surface area contributed by atoms with Crippen LogP contribution in [0.5, 0.6) is 0 Å². The molecular weight excluding hydrogens is 290 g/mol. The summed E-state index contributed by atoms with van der Waals surface area (Å²) in [6.45, 7) is 8.32. The number of aromatic nitrogens is 2. The maximum absolute atomic E-state index is 5.40. The lowest BCUT2D eigenvalue weighted by molar-refractivity contribution is 0.0310. The number of rotatable bonds is 7. The fourth-order valence-electron chi connectivity index (χ4n) is 2.09. The van der Waals surface area contributed by atoms with Crippen molar-refractivity contribution in [3.05, 3.63) is 36.3 Å². The molecule has 2 aromatic rings. The number of guanidine groups is 1. The zero-order valence-corrected chi connectivity index (χ0v) is 14.5. The maximum atomic E-state index is 5.40. The second-order valence-electron chi connectivity index (χ2n) is 6.03. The van der Waals surface area contributed by atoms with Gasteiger partial charge in [0.2, 0.25) is 0 Å². The lowest BCUT2D eigenvalue weighted by atomic mass is 10.1. The van der Waals surface area contributed by atoms with E-state index in [-0.39, 0.29) is 5.60 Å². The van der Waals surface area contributed by atoms with Crippen molar-refractivity contribution in [3.8, 4) is 0 Å². The molecule has 6 heteroatoms. The van der Waals surface area contributed by atoms with Gasteiger partial charge in [0.05, 0.1) is 17.8 Å². The number of nitrogens with one attached hydrogen (secondary N) is 2. The van der Waals surface area contributed by atoms with Crippen LogP contribution in [0.25, 0.3) is 5.65 Å². The molecule has 6 nitrogen and oxygen atoms in total. The summed E-state index contributed by atoms with van der Waals surface area (Å²) in [6, 6.07) is 6.01. The summed E-state index contributed by atoms with van der Waals surface area (Å²) in [5, 5.41) is 6.59. The molecule has 0 atom stereocenters. The van der Waals surface area contributed by atoms with Crippen LogP contribution in [-0.2, 0) is 11.2 Å². The Morgan fingerprint density at radius 1 is 1.35 bits per heavy atom. The molecule has 0 fully saturated rings. The molecule has 0 aliphatic heterocycles. The Bertz CT molecular complexity index is 614. The van der Waals surface area contributed by atoms with Crippen LogP contribution in [0.2, 0.25) is 0 Å². The molecule has 0 aliphatic rings. The number of methoxy groups -OCH3 is 1. The number of hydrogen-bond acceptors (Lipinski definition) is 3. The summed E-state index contributed by atoms with van der Waals surface area (Å²) in [5.74, 6) is 0.807. The summed E-state index contributed by atoms with van der Waals surface area (Å²) in [7, 11) is 1.71. The first-order chi connectivity index (χ1) is 11.0. The van der Waals surface area contributed by atoms with Crippen LogP contribution in [0.4, 0.5) is 0 Å². The van der Waals surface area contributed by atoms with Gasteiger partial charge in [-0.15, -0.1) is 0 Å². The molecule has 2 heterocycles. The Kier molecular flexibility index (Phi) is 5.98. The number of imidazole rings is 1. The van der Waals surface area contributed by atoms with Crippen molar-refractivity contribution < 1.29 is 4.74 Å². The average molecular weight is 317 g/mol. The number of hydrogen-bond donors (Lipinski definition) is 2. The van der Waals surface area contributed by atoms with Crippen molar-refractivity contribution >= 4 is 11.6 Å². The van der Waals surface area contributed by atoms with E-state index >= 15 is 0 Å². The molecule has 2 N–H and O–H groups in total. The summed E-state index contributed by atoms with van der Waals surface area (Å²) < 4.78 is 7.44. The molecule has 0 amide bonds. The monoisotopic (exact) mass is 317 g/mol. The smallest absolute Gasteiger partial charge is 0.191 e. The molecular formula is C17H27N5O. The van der Waals surface area contributed by atoms with Crippen molar-refractivity contribution in [1.82, 2.24) is 20.0 Å². The zero-order chi connectivity index (χ0) is 16.7. The topological polar surface area (TPSA) is 63.0 Å². The van der Waals surface area contributed by atoms with E-state index < -0.39 is 0 Å². The highest BCUT2D eigenvalue weighted by atomic mass is 16.5. The second kappa shape index (κ2) is 7.97. The third-order valence-electron chi connectivity index (χ3n) is 3.60. The van der Waals surface area contributed by atoms with Crippen LogP contribution in [0.3, 0.4) is 0 Å². The second-order valence-corrected chi connectivity index (χ2v) is 6.03. The SMILES string of the molecule is CCNC(=NCC(C)(C)OC)NCCc1cn2ccccc2n1. The normalized spacial score (nSPS) is 12.6. The van der Waals surface area contributed by atoms with E-state index in [4.69, 9.17) is 4.74 Å². The first kappa shape index (κ1) is 17.3. The van der Waals surface area contributed by atoms with Crippen LogP contribution in [-0.4, -0.2) is 47.7 Å². The van der Waals surface area contributed by atoms with Crippen LogP contribution < -0.4 is 10.6 Å². The minimum Gasteiger partial charge on any atom is -0.377 e. The Morgan fingerprint density at radius 3 is 2.87 bits per heavy atom. The summed E-state index contributed by atoms with van der Waals surface area (Å²) in [6.07, 6.45) is 4.92. The van der Waals surface area contributed by atoms with Gasteiger partial charge in [-0.2, -0.15) is 0 Å². The number of ether oxygens (including phenoxy) is 1. The molecule has 2 aromatic heterocycles. The fraction of sp³-hybridized carbons (Fsp3) is 0.529. The summed E-state index contributed by atoms with van der Waals surface area (Å²) in [4.78, 5) is 9.17. The predicted molar refractivity (Wildman–Crippen MR) is 94.0 cm³/mol. The fourth-order valence-corrected chi connectivity index (χ4v) is 2.09. The lowest BCUT2D eigenvalue weighted by Crippen LogP contribution is -2.40. The highest BCUT2D eigenvalue weighted by Gasteiger charge is 2.15. The highest BCUT2D eigenvalue weighted by Crippen LogP contribution is 2.07. The average Bonchev–Trinajstić information content (AvgIpc) is 2.95. The number of pyridine rings is 1. The van der Waals surface area contributed by atoms with E-state index in [0.29, 0.717) is 6.54 Å². The Hall–Kier alpha value is -2.08. The van der Waals surface area contributed by atoms with Crippen molar-refractivity contribution in [2.24, 2.45) is 4.99 Å². The van der Waals surface area contributed by atoms with Gasteiger partial charge in [0.1, 0.15) is 5.65 Å². The first-order valence-electron chi connectivity index (χ1n) is 8.04. The van der Waals surface area contributed by atoms with E-state index in [0.717, 1.165) is 36.8 Å². The van der Waals surface area contributed by atoms with Crippen LogP contribution in [0.1, 0.15) is 26.5 Å².